The Morgan fingerprint density at radius 2 is 1.79 bits per heavy atom. The van der Waals surface area contributed by atoms with E-state index in [9.17, 15) is 23.1 Å². The SMILES string of the molecule is CCCCN(CCCCN(C)C)C(=O)CN1CC(c2ccc3c(c2)OCO3)C(C(=O)O)C1CCNS(C)(=O)=O. The highest BCUT2D eigenvalue weighted by molar-refractivity contribution is 7.88. The molecule has 3 atom stereocenters. The first-order chi connectivity index (χ1) is 18.5. The molecule has 2 heterocycles. The van der Waals surface area contributed by atoms with Gasteiger partial charge in [0.05, 0.1) is 18.7 Å². The summed E-state index contributed by atoms with van der Waals surface area (Å²) in [5.41, 5.74) is 0.800. The Kier molecular flexibility index (Phi) is 11.4. The Bertz CT molecular complexity index is 1080. The summed E-state index contributed by atoms with van der Waals surface area (Å²) in [5, 5.41) is 10.3. The molecule has 1 saturated heterocycles. The maximum Gasteiger partial charge on any atom is 0.308 e. The number of carboxylic acid groups (broad SMARTS) is 1. The molecule has 2 aliphatic rings. The van der Waals surface area contributed by atoms with E-state index in [2.05, 4.69) is 16.5 Å². The largest absolute Gasteiger partial charge is 0.481 e. The van der Waals surface area contributed by atoms with Crippen molar-refractivity contribution in [2.75, 3.05) is 66.4 Å². The van der Waals surface area contributed by atoms with Crippen LogP contribution in [0.1, 0.15) is 50.5 Å². The lowest BCUT2D eigenvalue weighted by atomic mass is 9.84. The van der Waals surface area contributed by atoms with E-state index in [1.807, 2.05) is 36.0 Å². The van der Waals surface area contributed by atoms with Gasteiger partial charge in [-0.15, -0.1) is 0 Å². The number of likely N-dealkylation sites (tertiary alicyclic amines) is 1. The van der Waals surface area contributed by atoms with Crippen molar-refractivity contribution in [1.29, 1.82) is 0 Å². The van der Waals surface area contributed by atoms with Crippen LogP contribution in [0.3, 0.4) is 0 Å². The van der Waals surface area contributed by atoms with Crippen LogP contribution in [0.4, 0.5) is 0 Å². The average Bonchev–Trinajstić information content (AvgIpc) is 3.47. The summed E-state index contributed by atoms with van der Waals surface area (Å²) in [4.78, 5) is 32.1. The number of hydrogen-bond acceptors (Lipinski definition) is 8. The summed E-state index contributed by atoms with van der Waals surface area (Å²) >= 11 is 0. The summed E-state index contributed by atoms with van der Waals surface area (Å²) in [7, 11) is 0.624. The average molecular weight is 569 g/mol. The molecule has 0 spiro atoms. The summed E-state index contributed by atoms with van der Waals surface area (Å²) in [6, 6.07) is 4.94. The number of benzene rings is 1. The molecule has 0 aromatic heterocycles. The molecule has 0 aliphatic carbocycles. The van der Waals surface area contributed by atoms with Crippen molar-refractivity contribution in [2.24, 2.45) is 5.92 Å². The van der Waals surface area contributed by atoms with Crippen LogP contribution < -0.4 is 14.2 Å². The lowest BCUT2D eigenvalue weighted by Gasteiger charge is -2.30. The maximum absolute atomic E-state index is 13.6. The van der Waals surface area contributed by atoms with Crippen LogP contribution in [0.5, 0.6) is 11.5 Å². The van der Waals surface area contributed by atoms with E-state index in [0.29, 0.717) is 31.1 Å². The molecule has 2 N–H and O–H groups in total. The van der Waals surface area contributed by atoms with Gasteiger partial charge in [0.25, 0.3) is 0 Å². The molecule has 3 rings (SSSR count). The van der Waals surface area contributed by atoms with Crippen molar-refractivity contribution in [2.45, 2.75) is 51.0 Å². The normalized spacial score (nSPS) is 21.0. The Labute approximate surface area is 232 Å². The number of carbonyl (C=O) groups is 2. The van der Waals surface area contributed by atoms with Gasteiger partial charge in [-0.3, -0.25) is 14.5 Å². The number of ether oxygens (including phenoxy) is 2. The smallest absolute Gasteiger partial charge is 0.308 e. The number of fused-ring (bicyclic) bond motifs is 1. The number of carboxylic acids is 1. The van der Waals surface area contributed by atoms with E-state index in [4.69, 9.17) is 9.47 Å². The lowest BCUT2D eigenvalue weighted by molar-refractivity contribution is -0.143. The number of nitrogens with one attached hydrogen (secondary N) is 1. The van der Waals surface area contributed by atoms with E-state index in [1.165, 1.54) is 0 Å². The van der Waals surface area contributed by atoms with Crippen LogP contribution in [0.2, 0.25) is 0 Å². The van der Waals surface area contributed by atoms with E-state index in [-0.39, 0.29) is 32.2 Å². The summed E-state index contributed by atoms with van der Waals surface area (Å²) < 4.78 is 36.8. The van der Waals surface area contributed by atoms with Gasteiger partial charge in [-0.2, -0.15) is 0 Å². The number of amides is 1. The standard InChI is InChI=1S/C27H44N4O7S/c1-5-6-14-30(15-8-7-13-29(2)3)25(32)18-31-17-21(20-9-10-23-24(16-20)38-19-37-23)26(27(33)34)22(31)11-12-28-39(4,35)36/h9-10,16,21-22,26,28H,5-8,11-15,17-19H2,1-4H3,(H,33,34). The van der Waals surface area contributed by atoms with Crippen molar-refractivity contribution in [1.82, 2.24) is 19.4 Å². The molecule has 0 bridgehead atoms. The molecule has 1 fully saturated rings. The zero-order valence-corrected chi connectivity index (χ0v) is 24.4. The number of nitrogens with zero attached hydrogens (tertiary/aromatic N) is 3. The highest BCUT2D eigenvalue weighted by Crippen LogP contribution is 2.42. The van der Waals surface area contributed by atoms with E-state index >= 15 is 0 Å². The number of carbonyl (C=O) groups excluding carboxylic acids is 1. The fourth-order valence-corrected chi connectivity index (χ4v) is 5.93. The van der Waals surface area contributed by atoms with Crippen molar-refractivity contribution in [3.63, 3.8) is 0 Å². The van der Waals surface area contributed by atoms with E-state index in [0.717, 1.165) is 44.0 Å². The molecule has 2 aliphatic heterocycles. The molecule has 0 radical (unpaired) electrons. The number of sulfonamides is 1. The van der Waals surface area contributed by atoms with Gasteiger partial charge in [-0.1, -0.05) is 19.4 Å². The minimum Gasteiger partial charge on any atom is -0.481 e. The fraction of sp³-hybridized carbons (Fsp3) is 0.704. The molecule has 1 aromatic rings. The Morgan fingerprint density at radius 1 is 1.10 bits per heavy atom. The highest BCUT2D eigenvalue weighted by atomic mass is 32.2. The number of aliphatic carboxylic acids is 1. The molecule has 1 amide bonds. The van der Waals surface area contributed by atoms with Crippen molar-refractivity contribution >= 4 is 21.9 Å². The summed E-state index contributed by atoms with van der Waals surface area (Å²) in [5.74, 6) is -1.01. The summed E-state index contributed by atoms with van der Waals surface area (Å²) in [6.07, 6.45) is 5.11. The van der Waals surface area contributed by atoms with Crippen LogP contribution in [0.15, 0.2) is 18.2 Å². The van der Waals surface area contributed by atoms with Crippen molar-refractivity contribution in [3.8, 4) is 11.5 Å². The van der Waals surface area contributed by atoms with Gasteiger partial charge in [-0.05, 0) is 64.0 Å². The van der Waals surface area contributed by atoms with E-state index < -0.39 is 33.9 Å². The molecule has 3 unspecified atom stereocenters. The Hall–Kier alpha value is -2.41. The third kappa shape index (κ3) is 9.06. The van der Waals surface area contributed by atoms with Crippen LogP contribution >= 0.6 is 0 Å². The number of hydrogen-bond donors (Lipinski definition) is 2. The fourth-order valence-electron chi connectivity index (χ4n) is 5.44. The molecule has 0 saturated carbocycles. The Balaban J connectivity index is 1.81. The second-order valence-corrected chi connectivity index (χ2v) is 12.6. The molecular weight excluding hydrogens is 524 g/mol. The molecule has 11 nitrogen and oxygen atoms in total. The predicted molar refractivity (Wildman–Crippen MR) is 149 cm³/mol. The second-order valence-electron chi connectivity index (χ2n) is 10.8. The molecule has 39 heavy (non-hydrogen) atoms. The lowest BCUT2D eigenvalue weighted by Crippen LogP contribution is -2.45. The number of rotatable bonds is 16. The predicted octanol–water partition coefficient (Wildman–Crippen LogP) is 1.79. The van der Waals surface area contributed by atoms with Crippen LogP contribution in [0.25, 0.3) is 0 Å². The zero-order valence-electron chi connectivity index (χ0n) is 23.6. The number of unbranched alkanes of at least 4 members (excludes halogenated alkanes) is 2. The minimum absolute atomic E-state index is 0.0233. The van der Waals surface area contributed by atoms with Crippen LogP contribution in [-0.4, -0.2) is 113 Å². The van der Waals surface area contributed by atoms with Crippen molar-refractivity contribution < 1.29 is 32.6 Å². The topological polar surface area (TPSA) is 129 Å². The third-order valence-electron chi connectivity index (χ3n) is 7.42. The maximum atomic E-state index is 13.6. The minimum atomic E-state index is -3.43. The van der Waals surface area contributed by atoms with Gasteiger partial charge in [0.15, 0.2) is 11.5 Å². The Morgan fingerprint density at radius 3 is 2.46 bits per heavy atom. The quantitative estimate of drug-likeness (QED) is 0.287. The van der Waals surface area contributed by atoms with Gasteiger partial charge in [-0.25, -0.2) is 13.1 Å². The molecule has 12 heteroatoms. The highest BCUT2D eigenvalue weighted by Gasteiger charge is 2.47. The zero-order chi connectivity index (χ0) is 28.6. The van der Waals surface area contributed by atoms with Crippen molar-refractivity contribution in [3.05, 3.63) is 23.8 Å². The van der Waals surface area contributed by atoms with Gasteiger partial charge in [0, 0.05) is 38.1 Å². The van der Waals surface area contributed by atoms with Gasteiger partial charge in [0.2, 0.25) is 22.7 Å². The molecular formula is C27H44N4O7S. The van der Waals surface area contributed by atoms with Gasteiger partial charge in [0.1, 0.15) is 0 Å². The van der Waals surface area contributed by atoms with Gasteiger partial charge < -0.3 is 24.4 Å². The first-order valence-corrected chi connectivity index (χ1v) is 15.6. The van der Waals surface area contributed by atoms with Gasteiger partial charge >= 0.3 is 5.97 Å². The monoisotopic (exact) mass is 568 g/mol. The third-order valence-corrected chi connectivity index (χ3v) is 8.15. The first kappa shape index (κ1) is 31.1. The summed E-state index contributed by atoms with van der Waals surface area (Å²) in [6.45, 7) is 5.04. The molecule has 1 aromatic carbocycles. The molecule has 220 valence electrons. The van der Waals surface area contributed by atoms with Crippen LogP contribution in [0, 0.1) is 5.92 Å². The van der Waals surface area contributed by atoms with Crippen LogP contribution in [-0.2, 0) is 19.6 Å². The van der Waals surface area contributed by atoms with E-state index in [1.54, 1.807) is 6.07 Å². The first-order valence-electron chi connectivity index (χ1n) is 13.7. The second kappa shape index (κ2) is 14.3.